The van der Waals surface area contributed by atoms with E-state index in [1.165, 1.54) is 0 Å². The summed E-state index contributed by atoms with van der Waals surface area (Å²) in [6.45, 7) is 7.04. The molecule has 402 valence electrons. The van der Waals surface area contributed by atoms with Crippen LogP contribution in [0.5, 0.6) is 0 Å². The molecule has 0 radical (unpaired) electrons. The van der Waals surface area contributed by atoms with Crippen LogP contribution in [-0.4, -0.2) is 92.4 Å². The van der Waals surface area contributed by atoms with Crippen LogP contribution in [0.25, 0.3) is 10.4 Å². The van der Waals surface area contributed by atoms with E-state index in [-0.39, 0.29) is 49.1 Å². The Morgan fingerprint density at radius 3 is 1.93 bits per heavy atom. The second-order valence-electron chi connectivity index (χ2n) is 21.3. The number of rotatable bonds is 21. The molecular weight excluding hydrogens is 955 g/mol. The van der Waals surface area contributed by atoms with Gasteiger partial charge in [0.2, 0.25) is 0 Å². The van der Waals surface area contributed by atoms with Gasteiger partial charge in [0.15, 0.2) is 24.8 Å². The van der Waals surface area contributed by atoms with Crippen LogP contribution in [0.4, 0.5) is 0 Å². The fourth-order valence-electron chi connectivity index (χ4n) is 11.7. The molecule has 4 aromatic rings. The summed E-state index contributed by atoms with van der Waals surface area (Å²) in [7, 11) is 0. The molecule has 5 fully saturated rings. The molecule has 3 saturated carbocycles. The van der Waals surface area contributed by atoms with Gasteiger partial charge in [0.1, 0.15) is 37.6 Å². The topological polar surface area (TPSA) is 175 Å². The van der Waals surface area contributed by atoms with Gasteiger partial charge in [-0.15, -0.1) is 0 Å². The third kappa shape index (κ3) is 14.6. The Morgan fingerprint density at radius 1 is 0.653 bits per heavy atom. The van der Waals surface area contributed by atoms with E-state index in [4.69, 9.17) is 47.4 Å². The molecule has 0 amide bonds. The maximum absolute atomic E-state index is 14.5. The summed E-state index contributed by atoms with van der Waals surface area (Å²) in [4.78, 5) is 31.2. The Hall–Kier alpha value is -5.19. The summed E-state index contributed by atoms with van der Waals surface area (Å²) >= 11 is 0. The van der Waals surface area contributed by atoms with Crippen molar-refractivity contribution in [3.05, 3.63) is 154 Å². The van der Waals surface area contributed by atoms with E-state index in [0.29, 0.717) is 26.1 Å². The third-order valence-electron chi connectivity index (χ3n) is 16.0. The van der Waals surface area contributed by atoms with Crippen LogP contribution in [-0.2, 0) is 76.8 Å². The Labute approximate surface area is 441 Å². The van der Waals surface area contributed by atoms with E-state index in [1.54, 1.807) is 0 Å². The highest BCUT2D eigenvalue weighted by molar-refractivity contribution is 5.75. The lowest BCUT2D eigenvalue weighted by molar-refractivity contribution is -0.378. The minimum Gasteiger partial charge on any atom is -0.459 e. The summed E-state index contributed by atoms with van der Waals surface area (Å²) in [5.74, 6) is -0.682. The molecule has 4 aromatic carbocycles. The number of ether oxygens (including phenoxy) is 10. The minimum atomic E-state index is -1.30. The normalized spacial score (nSPS) is 31.5. The second-order valence-corrected chi connectivity index (χ2v) is 21.3. The van der Waals surface area contributed by atoms with E-state index in [2.05, 4.69) is 55.1 Å². The van der Waals surface area contributed by atoms with Crippen LogP contribution >= 0.6 is 0 Å². The average molecular weight is 1030 g/mol. The predicted octanol–water partition coefficient (Wildman–Crippen LogP) is 11.3. The van der Waals surface area contributed by atoms with Crippen molar-refractivity contribution in [3.8, 4) is 0 Å². The molecule has 3 aliphatic carbocycles. The van der Waals surface area contributed by atoms with E-state index >= 15 is 0 Å². The number of azide groups is 1. The molecule has 15 atom stereocenters. The van der Waals surface area contributed by atoms with E-state index in [1.807, 2.05) is 97.1 Å². The summed E-state index contributed by atoms with van der Waals surface area (Å²) in [5.41, 5.74) is 13.0. The maximum atomic E-state index is 14.5. The first-order valence-electron chi connectivity index (χ1n) is 27.4. The summed E-state index contributed by atoms with van der Waals surface area (Å²) in [6.07, 6.45) is -0.647. The molecule has 75 heavy (non-hydrogen) atoms. The first kappa shape index (κ1) is 54.6. The largest absolute Gasteiger partial charge is 0.459 e. The number of fused-ring (bicyclic) bond motifs is 1. The quantitative estimate of drug-likeness (QED) is 0.0335. The van der Waals surface area contributed by atoms with E-state index < -0.39 is 79.9 Å². The molecule has 15 heteroatoms. The second kappa shape index (κ2) is 27.2. The zero-order chi connectivity index (χ0) is 51.9. The minimum absolute atomic E-state index is 0.0541. The van der Waals surface area contributed by atoms with Crippen molar-refractivity contribution >= 4 is 11.9 Å². The van der Waals surface area contributed by atoms with Crippen molar-refractivity contribution in [2.75, 3.05) is 13.2 Å². The van der Waals surface area contributed by atoms with Crippen LogP contribution in [0, 0.1) is 23.7 Å². The number of nitrogens with zero attached hydrogens (tertiary/aromatic N) is 3. The molecule has 9 rings (SSSR count). The highest BCUT2D eigenvalue weighted by atomic mass is 16.8. The van der Waals surface area contributed by atoms with Crippen LogP contribution in [0.3, 0.4) is 0 Å². The average Bonchev–Trinajstić information content (AvgIpc) is 3.45. The van der Waals surface area contributed by atoms with Gasteiger partial charge in [-0.25, -0.2) is 4.79 Å². The van der Waals surface area contributed by atoms with Gasteiger partial charge < -0.3 is 47.4 Å². The first-order chi connectivity index (χ1) is 36.7. The number of hydrogen-bond acceptors (Lipinski definition) is 13. The molecule has 2 saturated heterocycles. The van der Waals surface area contributed by atoms with Crippen molar-refractivity contribution in [2.24, 2.45) is 28.8 Å². The number of carbonyl (C=O) groups is 2. The number of carbonyl (C=O) groups excluding carboxylic acids is 2. The molecule has 0 spiro atoms. The maximum Gasteiger partial charge on any atom is 0.335 e. The molecule has 0 aromatic heterocycles. The van der Waals surface area contributed by atoms with Crippen molar-refractivity contribution < 1.29 is 57.0 Å². The van der Waals surface area contributed by atoms with Gasteiger partial charge in [0, 0.05) is 10.5 Å². The molecule has 2 aliphatic heterocycles. The SMILES string of the molecule is CC1C[C@@H](O[C@@H]2C(C)CCC[C@H]2O[C@@H]2O[C@H]3COC(c4ccccc4)O[C@@H]3C(O[C@@H](CC3CCCCC3)C(=O)OCc3ccccc3)C2OC(=O)CN=[N+]=[N-])C(OCc2ccccc2)[C@@H](OCc2ccccc2)[C@@H]1C. The fourth-order valence-corrected chi connectivity index (χ4v) is 11.7. The summed E-state index contributed by atoms with van der Waals surface area (Å²) in [5, 5.41) is 3.55. The van der Waals surface area contributed by atoms with Gasteiger partial charge >= 0.3 is 11.9 Å². The standard InChI is InChI=1S/C60H75N3O12/c1-39-20-19-31-47(52(39)70-48-32-40(2)41(3)53(66-35-43-23-11-5-12-24-43)54(48)67-36-44-25-13-6-14-26-44)72-60-57(74-51(64)34-62-63-61)56(55-50(73-60)38-69-59(75-55)46-29-17-8-18-30-46)71-49(33-42-21-9-4-10-22-42)58(65)68-37-45-27-15-7-16-28-45/h5-8,11-18,23-30,39-42,47-50,52-57,59-60H,4,9-10,19-22,31-38H2,1-3H3/t39?,40?,41-,47-,48-,49+,50+,52-,53+,54?,55+,56?,57?,59?,60-/m1/s1. The highest BCUT2D eigenvalue weighted by Gasteiger charge is 2.56. The number of benzene rings is 4. The van der Waals surface area contributed by atoms with E-state index in [9.17, 15) is 15.1 Å². The van der Waals surface area contributed by atoms with Crippen molar-refractivity contribution in [3.63, 3.8) is 0 Å². The van der Waals surface area contributed by atoms with Crippen LogP contribution in [0.2, 0.25) is 0 Å². The molecular formula is C60H75N3O12. The molecule has 0 N–H and O–H groups in total. The molecule has 0 bridgehead atoms. The van der Waals surface area contributed by atoms with Gasteiger partial charge in [0.05, 0.1) is 44.2 Å². The third-order valence-corrected chi connectivity index (χ3v) is 16.0. The zero-order valence-electron chi connectivity index (χ0n) is 43.6. The molecule has 5 aliphatic rings. The molecule has 6 unspecified atom stereocenters. The predicted molar refractivity (Wildman–Crippen MR) is 278 cm³/mol. The number of hydrogen-bond donors (Lipinski definition) is 0. The number of esters is 2. The Bertz CT molecular complexity index is 2410. The van der Waals surface area contributed by atoms with Crippen molar-refractivity contribution in [1.29, 1.82) is 0 Å². The molecule has 2 heterocycles. The highest BCUT2D eigenvalue weighted by Crippen LogP contribution is 2.43. The Balaban J connectivity index is 1.03. The van der Waals surface area contributed by atoms with Crippen LogP contribution < -0.4 is 0 Å². The van der Waals surface area contributed by atoms with Gasteiger partial charge in [-0.1, -0.05) is 186 Å². The van der Waals surface area contributed by atoms with Crippen LogP contribution in [0.1, 0.15) is 114 Å². The van der Waals surface area contributed by atoms with Crippen molar-refractivity contribution in [2.45, 2.75) is 178 Å². The smallest absolute Gasteiger partial charge is 0.335 e. The van der Waals surface area contributed by atoms with Crippen molar-refractivity contribution in [1.82, 2.24) is 0 Å². The summed E-state index contributed by atoms with van der Waals surface area (Å²) < 4.78 is 67.9. The van der Waals surface area contributed by atoms with Gasteiger partial charge in [-0.05, 0) is 71.6 Å². The first-order valence-corrected chi connectivity index (χ1v) is 27.4. The summed E-state index contributed by atoms with van der Waals surface area (Å²) in [6, 6.07) is 39.4. The lowest BCUT2D eigenvalue weighted by Gasteiger charge is -2.51. The van der Waals surface area contributed by atoms with Gasteiger partial charge in [0.25, 0.3) is 0 Å². The van der Waals surface area contributed by atoms with Gasteiger partial charge in [-0.3, -0.25) is 4.79 Å². The van der Waals surface area contributed by atoms with Gasteiger partial charge in [-0.2, -0.15) is 0 Å². The van der Waals surface area contributed by atoms with E-state index in [0.717, 1.165) is 73.6 Å². The lowest BCUT2D eigenvalue weighted by atomic mass is 9.75. The monoisotopic (exact) mass is 1030 g/mol. The fraction of sp³-hybridized carbons (Fsp3) is 0.567. The Kier molecular flexibility index (Phi) is 19.8. The lowest BCUT2D eigenvalue weighted by Crippen LogP contribution is -2.66. The van der Waals surface area contributed by atoms with Crippen LogP contribution in [0.15, 0.2) is 126 Å². The molecule has 15 nitrogen and oxygen atoms in total. The Morgan fingerprint density at radius 2 is 1.28 bits per heavy atom. The zero-order valence-corrected chi connectivity index (χ0v) is 43.6.